The highest BCUT2D eigenvalue weighted by molar-refractivity contribution is 7.83. The lowest BCUT2D eigenvalue weighted by Gasteiger charge is -2.47. The van der Waals surface area contributed by atoms with Crippen LogP contribution in [0.15, 0.2) is 36.4 Å². The first-order valence-corrected chi connectivity index (χ1v) is 18.3. The van der Waals surface area contributed by atoms with Crippen molar-refractivity contribution in [3.05, 3.63) is 58.1 Å². The zero-order valence-electron chi connectivity index (χ0n) is 26.1. The summed E-state index contributed by atoms with van der Waals surface area (Å²) in [4.78, 5) is 15.7. The largest absolute Gasteiger partial charge is 0.491 e. The molecule has 1 saturated carbocycles. The second kappa shape index (κ2) is 14.5. The summed E-state index contributed by atoms with van der Waals surface area (Å²) in [6.07, 6.45) is 8.19. The lowest BCUT2D eigenvalue weighted by Crippen LogP contribution is -2.47. The van der Waals surface area contributed by atoms with Gasteiger partial charge >= 0.3 is 0 Å². The van der Waals surface area contributed by atoms with E-state index in [-0.39, 0.29) is 24.0 Å². The van der Waals surface area contributed by atoms with E-state index in [4.69, 9.17) is 25.8 Å². The first kappa shape index (κ1) is 31.8. The zero-order valence-corrected chi connectivity index (χ0v) is 27.7. The first-order chi connectivity index (χ1) is 21.4. The van der Waals surface area contributed by atoms with E-state index in [1.807, 2.05) is 18.2 Å². The summed E-state index contributed by atoms with van der Waals surface area (Å²) in [5, 5.41) is 0.762. The Kier molecular flexibility index (Phi) is 10.5. The van der Waals surface area contributed by atoms with E-state index in [2.05, 4.69) is 35.6 Å². The molecule has 0 aromatic heterocycles. The highest BCUT2D eigenvalue weighted by Crippen LogP contribution is 2.47. The van der Waals surface area contributed by atoms with Gasteiger partial charge in [-0.2, -0.15) is 0 Å². The minimum absolute atomic E-state index is 0.149. The minimum Gasteiger partial charge on any atom is -0.491 e. The SMILES string of the molecule is CCCc1cc(Cl)ccc1C1COc2ccc3cc2N(C1)CC1CCC1C(C1OCCCO1)CCCC(C)CS(=O)NC3=O. The van der Waals surface area contributed by atoms with E-state index < -0.39 is 11.0 Å². The van der Waals surface area contributed by atoms with Gasteiger partial charge in [-0.25, -0.2) is 4.21 Å². The summed E-state index contributed by atoms with van der Waals surface area (Å²) in [5.41, 5.74) is 4.00. The maximum atomic E-state index is 13.3. The topological polar surface area (TPSA) is 77.1 Å². The molecule has 9 heteroatoms. The van der Waals surface area contributed by atoms with E-state index in [1.165, 1.54) is 24.0 Å². The predicted octanol–water partition coefficient (Wildman–Crippen LogP) is 6.89. The molecule has 2 fully saturated rings. The number of carbonyl (C=O) groups is 1. The molecule has 240 valence electrons. The lowest BCUT2D eigenvalue weighted by molar-refractivity contribution is -0.224. The number of nitrogens with zero attached hydrogens (tertiary/aromatic N) is 1. The van der Waals surface area contributed by atoms with Crippen molar-refractivity contribution in [2.75, 3.05) is 43.6 Å². The molecule has 3 heterocycles. The molecule has 6 rings (SSSR count). The summed E-state index contributed by atoms with van der Waals surface area (Å²) in [6.45, 7) is 8.06. The van der Waals surface area contributed by atoms with Crippen LogP contribution in [0.25, 0.3) is 0 Å². The Balaban J connectivity index is 1.35. The smallest absolute Gasteiger partial charge is 0.263 e. The van der Waals surface area contributed by atoms with Crippen molar-refractivity contribution in [2.24, 2.45) is 23.7 Å². The summed E-state index contributed by atoms with van der Waals surface area (Å²) in [6, 6.07) is 11.9. The number of carbonyl (C=O) groups excluding carboxylic acids is 1. The lowest BCUT2D eigenvalue weighted by atomic mass is 9.65. The van der Waals surface area contributed by atoms with Crippen molar-refractivity contribution >= 4 is 34.2 Å². The van der Waals surface area contributed by atoms with Crippen LogP contribution in [-0.2, 0) is 26.9 Å². The van der Waals surface area contributed by atoms with E-state index in [1.54, 1.807) is 6.07 Å². The van der Waals surface area contributed by atoms with Gasteiger partial charge in [0.1, 0.15) is 16.7 Å². The number of aryl methyl sites for hydroxylation is 1. The second-order valence-electron chi connectivity index (χ2n) is 13.3. The molecular weight excluding hydrogens is 596 g/mol. The number of halogens is 1. The normalized spacial score (nSPS) is 30.3. The molecule has 44 heavy (non-hydrogen) atoms. The van der Waals surface area contributed by atoms with Gasteiger partial charge in [-0.3, -0.25) is 9.52 Å². The molecule has 1 amide bonds. The van der Waals surface area contributed by atoms with Gasteiger partial charge in [0.15, 0.2) is 6.29 Å². The van der Waals surface area contributed by atoms with Gasteiger partial charge in [-0.1, -0.05) is 44.4 Å². The molecule has 6 unspecified atom stereocenters. The number of nitrogens with one attached hydrogen (secondary N) is 1. The third-order valence-electron chi connectivity index (χ3n) is 10.1. The number of amides is 1. The van der Waals surface area contributed by atoms with Gasteiger partial charge in [-0.05, 0) is 97.7 Å². The number of benzene rings is 2. The van der Waals surface area contributed by atoms with Crippen LogP contribution in [0, 0.1) is 23.7 Å². The molecule has 1 N–H and O–H groups in total. The number of anilines is 1. The van der Waals surface area contributed by atoms with Gasteiger partial charge in [-0.15, -0.1) is 0 Å². The van der Waals surface area contributed by atoms with Crippen LogP contribution in [0.4, 0.5) is 5.69 Å². The van der Waals surface area contributed by atoms with Crippen molar-refractivity contribution in [1.29, 1.82) is 0 Å². The summed E-state index contributed by atoms with van der Waals surface area (Å²) < 4.78 is 34.7. The maximum absolute atomic E-state index is 13.3. The van der Waals surface area contributed by atoms with E-state index in [0.29, 0.717) is 35.7 Å². The summed E-state index contributed by atoms with van der Waals surface area (Å²) >= 11 is 6.44. The molecule has 7 nitrogen and oxygen atoms in total. The van der Waals surface area contributed by atoms with Crippen LogP contribution in [0.5, 0.6) is 5.75 Å². The van der Waals surface area contributed by atoms with Crippen LogP contribution in [0.2, 0.25) is 5.02 Å². The molecule has 4 aliphatic rings. The van der Waals surface area contributed by atoms with Crippen molar-refractivity contribution in [3.8, 4) is 5.75 Å². The first-order valence-electron chi connectivity index (χ1n) is 16.6. The molecule has 1 aliphatic carbocycles. The highest BCUT2D eigenvalue weighted by atomic mass is 35.5. The van der Waals surface area contributed by atoms with Gasteiger partial charge < -0.3 is 19.1 Å². The molecule has 0 radical (unpaired) electrons. The Labute approximate surface area is 269 Å². The average molecular weight is 643 g/mol. The van der Waals surface area contributed by atoms with E-state index >= 15 is 0 Å². The van der Waals surface area contributed by atoms with Crippen molar-refractivity contribution in [3.63, 3.8) is 0 Å². The predicted molar refractivity (Wildman–Crippen MR) is 176 cm³/mol. The molecule has 2 aromatic rings. The minimum atomic E-state index is -1.44. The fourth-order valence-electron chi connectivity index (χ4n) is 7.68. The standard InChI is InChI=1S/C35H47ClN2O5S/c1-3-6-24-17-28(36)11-13-29(24)27-20-38-19-26-9-12-30(26)31(35-41-15-5-16-42-35)8-4-7-23(2)22-44(40)37-34(39)25-10-14-33(43-21-27)32(38)18-25/h10-11,13-14,17-18,23,26-27,30-31,35H,3-9,12,15-16,19-22H2,1-2H3,(H,37,39). The van der Waals surface area contributed by atoms with Crippen molar-refractivity contribution < 1.29 is 23.2 Å². The molecule has 2 aromatic carbocycles. The monoisotopic (exact) mass is 642 g/mol. The average Bonchev–Trinajstić information content (AvgIpc) is 3.18. The molecule has 3 aliphatic heterocycles. The quantitative estimate of drug-likeness (QED) is 0.391. The van der Waals surface area contributed by atoms with Gasteiger partial charge in [0, 0.05) is 41.3 Å². The molecule has 6 atom stereocenters. The van der Waals surface area contributed by atoms with Gasteiger partial charge in [0.25, 0.3) is 5.91 Å². The van der Waals surface area contributed by atoms with Gasteiger partial charge in [0.05, 0.1) is 25.5 Å². The highest BCUT2D eigenvalue weighted by Gasteiger charge is 2.43. The number of ether oxygens (including phenoxy) is 3. The third kappa shape index (κ3) is 7.30. The zero-order chi connectivity index (χ0) is 30.6. The molecule has 0 spiro atoms. The van der Waals surface area contributed by atoms with Crippen LogP contribution >= 0.6 is 11.6 Å². The third-order valence-corrected chi connectivity index (χ3v) is 11.6. The van der Waals surface area contributed by atoms with E-state index in [0.717, 1.165) is 81.3 Å². The Bertz CT molecular complexity index is 1330. The Morgan fingerprint density at radius 3 is 2.61 bits per heavy atom. The number of hydrogen-bond acceptors (Lipinski definition) is 6. The maximum Gasteiger partial charge on any atom is 0.263 e. The van der Waals surface area contributed by atoms with Crippen LogP contribution < -0.4 is 14.4 Å². The molecule has 2 bridgehead atoms. The number of hydrogen-bond donors (Lipinski definition) is 1. The van der Waals surface area contributed by atoms with E-state index in [9.17, 15) is 9.00 Å². The molecule has 1 saturated heterocycles. The fraction of sp³-hybridized carbons (Fsp3) is 0.629. The Hall–Kier alpha value is -2.13. The molecular formula is C35H47ClN2O5S. The Morgan fingerprint density at radius 1 is 1.00 bits per heavy atom. The fourth-order valence-corrected chi connectivity index (χ4v) is 8.96. The van der Waals surface area contributed by atoms with Crippen LogP contribution in [-0.4, -0.2) is 55.1 Å². The summed E-state index contributed by atoms with van der Waals surface area (Å²) in [7, 11) is -1.44. The summed E-state index contributed by atoms with van der Waals surface area (Å²) in [5.74, 6) is 2.68. The van der Waals surface area contributed by atoms with Crippen molar-refractivity contribution in [2.45, 2.75) is 77.4 Å². The van der Waals surface area contributed by atoms with Gasteiger partial charge in [0.2, 0.25) is 0 Å². The number of fused-ring (bicyclic) bond motifs is 2. The Morgan fingerprint density at radius 2 is 1.84 bits per heavy atom. The number of rotatable bonds is 4. The van der Waals surface area contributed by atoms with Crippen molar-refractivity contribution in [1.82, 2.24) is 4.72 Å². The second-order valence-corrected chi connectivity index (χ2v) is 15.0. The van der Waals surface area contributed by atoms with Crippen LogP contribution in [0.3, 0.4) is 0 Å². The van der Waals surface area contributed by atoms with Crippen LogP contribution in [0.1, 0.15) is 86.2 Å².